The van der Waals surface area contributed by atoms with Gasteiger partial charge in [-0.15, -0.1) is 6.58 Å². The van der Waals surface area contributed by atoms with Crippen molar-refractivity contribution in [1.82, 2.24) is 4.90 Å². The topological polar surface area (TPSA) is 23.5 Å². The minimum Gasteiger partial charge on any atom is -0.508 e. The van der Waals surface area contributed by atoms with Gasteiger partial charge in [-0.2, -0.15) is 0 Å². The first-order valence-electron chi connectivity index (χ1n) is 5.92. The van der Waals surface area contributed by atoms with E-state index < -0.39 is 0 Å². The molecule has 0 aliphatic carbocycles. The van der Waals surface area contributed by atoms with Gasteiger partial charge >= 0.3 is 0 Å². The van der Waals surface area contributed by atoms with Gasteiger partial charge in [0.1, 0.15) is 5.75 Å². The summed E-state index contributed by atoms with van der Waals surface area (Å²) < 4.78 is 0. The minimum absolute atomic E-state index is 0.373. The maximum Gasteiger partial charge on any atom is 0.115 e. The number of aromatic hydroxyl groups is 1. The molecule has 0 radical (unpaired) electrons. The van der Waals surface area contributed by atoms with E-state index in [0.29, 0.717) is 11.7 Å². The summed E-state index contributed by atoms with van der Waals surface area (Å²) >= 11 is 0. The highest BCUT2D eigenvalue weighted by molar-refractivity contribution is 5.30. The smallest absolute Gasteiger partial charge is 0.115 e. The normalized spacial score (nSPS) is 21.9. The molecule has 1 aromatic rings. The Morgan fingerprint density at radius 2 is 2.38 bits per heavy atom. The predicted molar refractivity (Wildman–Crippen MR) is 66.7 cm³/mol. The SMILES string of the molecule is C=CCN1CCC[C@@H](c2cccc(O)c2)C1. The Labute approximate surface area is 97.2 Å². The van der Waals surface area contributed by atoms with Crippen molar-refractivity contribution in [1.29, 1.82) is 0 Å². The molecular formula is C14H19NO. The standard InChI is InChI=1S/C14H19NO/c1-2-8-15-9-4-6-13(11-15)12-5-3-7-14(16)10-12/h2-3,5,7,10,13,16H,1,4,6,8-9,11H2/t13-/m1/s1. The molecule has 1 heterocycles. The lowest BCUT2D eigenvalue weighted by Crippen LogP contribution is -2.34. The number of likely N-dealkylation sites (tertiary alicyclic amines) is 1. The van der Waals surface area contributed by atoms with Gasteiger partial charge in [-0.3, -0.25) is 4.90 Å². The Bertz CT molecular complexity index is 362. The lowest BCUT2D eigenvalue weighted by Gasteiger charge is -2.32. The highest BCUT2D eigenvalue weighted by Gasteiger charge is 2.20. The molecule has 16 heavy (non-hydrogen) atoms. The molecule has 1 saturated heterocycles. The molecule has 0 saturated carbocycles. The number of benzene rings is 1. The van der Waals surface area contributed by atoms with Gasteiger partial charge in [-0.05, 0) is 43.0 Å². The second kappa shape index (κ2) is 5.17. The van der Waals surface area contributed by atoms with Gasteiger partial charge in [-0.25, -0.2) is 0 Å². The summed E-state index contributed by atoms with van der Waals surface area (Å²) in [5.74, 6) is 0.930. The van der Waals surface area contributed by atoms with E-state index in [-0.39, 0.29) is 0 Å². The number of hydrogen-bond acceptors (Lipinski definition) is 2. The van der Waals surface area contributed by atoms with Gasteiger partial charge in [-0.1, -0.05) is 18.2 Å². The van der Waals surface area contributed by atoms with E-state index in [1.54, 1.807) is 6.07 Å². The number of hydrogen-bond donors (Lipinski definition) is 1. The molecule has 1 N–H and O–H groups in total. The first-order valence-corrected chi connectivity index (χ1v) is 5.92. The average Bonchev–Trinajstić information content (AvgIpc) is 2.30. The van der Waals surface area contributed by atoms with Crippen LogP contribution in [-0.2, 0) is 0 Å². The second-order valence-electron chi connectivity index (χ2n) is 4.48. The predicted octanol–water partition coefficient (Wildman–Crippen LogP) is 2.76. The molecule has 2 rings (SSSR count). The van der Waals surface area contributed by atoms with Crippen LogP contribution in [0, 0.1) is 0 Å². The quantitative estimate of drug-likeness (QED) is 0.787. The van der Waals surface area contributed by atoms with Crippen molar-refractivity contribution in [2.45, 2.75) is 18.8 Å². The molecular weight excluding hydrogens is 198 g/mol. The average molecular weight is 217 g/mol. The number of phenolic OH excluding ortho intramolecular Hbond substituents is 1. The molecule has 0 bridgehead atoms. The van der Waals surface area contributed by atoms with Gasteiger partial charge in [0, 0.05) is 13.1 Å². The van der Waals surface area contributed by atoms with Crippen molar-refractivity contribution >= 4 is 0 Å². The Morgan fingerprint density at radius 3 is 3.12 bits per heavy atom. The molecule has 2 heteroatoms. The Balaban J connectivity index is 2.06. The second-order valence-corrected chi connectivity index (χ2v) is 4.48. The zero-order valence-electron chi connectivity index (χ0n) is 9.60. The van der Waals surface area contributed by atoms with Gasteiger partial charge in [0.05, 0.1) is 0 Å². The van der Waals surface area contributed by atoms with E-state index in [1.807, 2.05) is 18.2 Å². The van der Waals surface area contributed by atoms with Crippen LogP contribution < -0.4 is 0 Å². The van der Waals surface area contributed by atoms with Crippen LogP contribution in [0.15, 0.2) is 36.9 Å². The summed E-state index contributed by atoms with van der Waals surface area (Å²) in [6.45, 7) is 7.00. The lowest BCUT2D eigenvalue weighted by atomic mass is 9.90. The zero-order chi connectivity index (χ0) is 11.4. The molecule has 0 spiro atoms. The van der Waals surface area contributed by atoms with Crippen molar-refractivity contribution in [3.8, 4) is 5.75 Å². The van der Waals surface area contributed by atoms with Crippen molar-refractivity contribution in [3.63, 3.8) is 0 Å². The highest BCUT2D eigenvalue weighted by atomic mass is 16.3. The Morgan fingerprint density at radius 1 is 1.50 bits per heavy atom. The maximum absolute atomic E-state index is 9.48. The number of rotatable bonds is 3. The van der Waals surface area contributed by atoms with Crippen molar-refractivity contribution < 1.29 is 5.11 Å². The van der Waals surface area contributed by atoms with Crippen molar-refractivity contribution in [2.24, 2.45) is 0 Å². The van der Waals surface area contributed by atoms with Crippen LogP contribution in [0.2, 0.25) is 0 Å². The molecule has 2 nitrogen and oxygen atoms in total. The molecule has 1 aliphatic rings. The molecule has 86 valence electrons. The molecule has 1 aliphatic heterocycles. The monoisotopic (exact) mass is 217 g/mol. The van der Waals surface area contributed by atoms with Crippen molar-refractivity contribution in [3.05, 3.63) is 42.5 Å². The van der Waals surface area contributed by atoms with E-state index >= 15 is 0 Å². The first kappa shape index (κ1) is 11.2. The molecule has 1 aromatic carbocycles. The van der Waals surface area contributed by atoms with Crippen LogP contribution in [0.5, 0.6) is 5.75 Å². The van der Waals surface area contributed by atoms with Gasteiger partial charge < -0.3 is 5.11 Å². The molecule has 0 aromatic heterocycles. The number of phenols is 1. The summed E-state index contributed by atoms with van der Waals surface area (Å²) in [5, 5.41) is 9.48. The fraction of sp³-hybridized carbons (Fsp3) is 0.429. The number of nitrogens with zero attached hydrogens (tertiary/aromatic N) is 1. The van der Waals surface area contributed by atoms with Gasteiger partial charge in [0.25, 0.3) is 0 Å². The Hall–Kier alpha value is -1.28. The van der Waals surface area contributed by atoms with E-state index in [9.17, 15) is 5.11 Å². The fourth-order valence-electron chi connectivity index (χ4n) is 2.45. The van der Waals surface area contributed by atoms with Crippen LogP contribution in [0.4, 0.5) is 0 Å². The summed E-state index contributed by atoms with van der Waals surface area (Å²) in [7, 11) is 0. The summed E-state index contributed by atoms with van der Waals surface area (Å²) in [6, 6.07) is 7.66. The van der Waals surface area contributed by atoms with Crippen molar-refractivity contribution in [2.75, 3.05) is 19.6 Å². The third-order valence-electron chi connectivity index (χ3n) is 3.23. The zero-order valence-corrected chi connectivity index (χ0v) is 9.60. The van der Waals surface area contributed by atoms with E-state index in [2.05, 4.69) is 17.5 Å². The third-order valence-corrected chi connectivity index (χ3v) is 3.23. The largest absolute Gasteiger partial charge is 0.508 e. The summed E-state index contributed by atoms with van der Waals surface area (Å²) in [4.78, 5) is 2.42. The van der Waals surface area contributed by atoms with Crippen LogP contribution in [0.3, 0.4) is 0 Å². The van der Waals surface area contributed by atoms with Crippen LogP contribution in [0.25, 0.3) is 0 Å². The lowest BCUT2D eigenvalue weighted by molar-refractivity contribution is 0.228. The van der Waals surface area contributed by atoms with Crippen LogP contribution in [-0.4, -0.2) is 29.6 Å². The van der Waals surface area contributed by atoms with Crippen LogP contribution >= 0.6 is 0 Å². The Kier molecular flexibility index (Phi) is 3.62. The van der Waals surface area contributed by atoms with Gasteiger partial charge in [0.15, 0.2) is 0 Å². The highest BCUT2D eigenvalue weighted by Crippen LogP contribution is 2.28. The third kappa shape index (κ3) is 2.64. The fourth-order valence-corrected chi connectivity index (χ4v) is 2.45. The van der Waals surface area contributed by atoms with E-state index in [4.69, 9.17) is 0 Å². The van der Waals surface area contributed by atoms with E-state index in [1.165, 1.54) is 24.9 Å². The number of piperidine rings is 1. The summed E-state index contributed by atoms with van der Waals surface area (Å²) in [5.41, 5.74) is 1.26. The minimum atomic E-state index is 0.373. The molecule has 0 amide bonds. The van der Waals surface area contributed by atoms with E-state index in [0.717, 1.165) is 13.1 Å². The molecule has 1 atom stereocenters. The molecule has 0 unspecified atom stereocenters. The summed E-state index contributed by atoms with van der Waals surface area (Å²) in [6.07, 6.45) is 4.41. The first-order chi connectivity index (χ1) is 7.79. The van der Waals surface area contributed by atoms with Gasteiger partial charge in [0.2, 0.25) is 0 Å². The maximum atomic E-state index is 9.48. The van der Waals surface area contributed by atoms with Crippen LogP contribution in [0.1, 0.15) is 24.3 Å². The molecule has 1 fully saturated rings.